The minimum Gasteiger partial charge on any atom is -0.465 e. The summed E-state index contributed by atoms with van der Waals surface area (Å²) >= 11 is 0. The molecular weight excluding hydrogens is 304 g/mol. The van der Waals surface area contributed by atoms with Gasteiger partial charge in [0.2, 0.25) is 5.78 Å². The van der Waals surface area contributed by atoms with Crippen molar-refractivity contribution in [1.29, 1.82) is 0 Å². The number of nitrogens with one attached hydrogen (secondary N) is 1. The molecule has 2 aromatic heterocycles. The Morgan fingerprint density at radius 1 is 1.21 bits per heavy atom. The number of nitrogens with zero attached hydrogens (tertiary/aromatic N) is 3. The van der Waals surface area contributed by atoms with Crippen LogP contribution >= 0.6 is 0 Å². The zero-order chi connectivity index (χ0) is 16.8. The van der Waals surface area contributed by atoms with Gasteiger partial charge in [0.25, 0.3) is 0 Å². The maximum atomic E-state index is 11.6. The van der Waals surface area contributed by atoms with Gasteiger partial charge in [0.05, 0.1) is 12.3 Å². The number of fused-ring (bicyclic) bond motifs is 1. The van der Waals surface area contributed by atoms with Crippen molar-refractivity contribution < 1.29 is 9.53 Å². The third-order valence-electron chi connectivity index (χ3n) is 3.67. The fraction of sp³-hybridized carbons (Fsp3) is 0.278. The Labute approximate surface area is 140 Å². The van der Waals surface area contributed by atoms with Crippen molar-refractivity contribution in [3.05, 3.63) is 60.0 Å². The Balaban J connectivity index is 1.80. The van der Waals surface area contributed by atoms with Gasteiger partial charge < -0.3 is 10.1 Å². The van der Waals surface area contributed by atoms with E-state index in [0.29, 0.717) is 12.4 Å². The van der Waals surface area contributed by atoms with Crippen LogP contribution in [-0.2, 0) is 22.4 Å². The van der Waals surface area contributed by atoms with E-state index in [1.54, 1.807) is 13.1 Å². The quantitative estimate of drug-likeness (QED) is 0.676. The van der Waals surface area contributed by atoms with Crippen LogP contribution in [0.1, 0.15) is 18.2 Å². The molecule has 6 heteroatoms. The molecule has 0 aliphatic carbocycles. The number of aryl methyl sites for hydroxylation is 2. The number of carbonyl (C=O) groups is 1. The van der Waals surface area contributed by atoms with Gasteiger partial charge in [-0.1, -0.05) is 30.3 Å². The van der Waals surface area contributed by atoms with Crippen LogP contribution in [0, 0.1) is 0 Å². The first-order valence-electron chi connectivity index (χ1n) is 8.03. The average molecular weight is 324 g/mol. The fourth-order valence-corrected chi connectivity index (χ4v) is 2.57. The summed E-state index contributed by atoms with van der Waals surface area (Å²) in [6.45, 7) is 2.27. The summed E-state index contributed by atoms with van der Waals surface area (Å²) in [5, 5.41) is 3.14. The maximum absolute atomic E-state index is 11.6. The molecule has 3 rings (SSSR count). The second kappa shape index (κ2) is 7.59. The highest BCUT2D eigenvalue weighted by Gasteiger charge is 2.14. The zero-order valence-electron chi connectivity index (χ0n) is 13.6. The Bertz CT molecular complexity index is 814. The van der Waals surface area contributed by atoms with Crippen LogP contribution in [0.2, 0.25) is 0 Å². The summed E-state index contributed by atoms with van der Waals surface area (Å²) in [6.07, 6.45) is 5.23. The topological polar surface area (TPSA) is 68.5 Å². The van der Waals surface area contributed by atoms with Crippen molar-refractivity contribution in [3.63, 3.8) is 0 Å². The van der Waals surface area contributed by atoms with Gasteiger partial charge in [-0.3, -0.25) is 9.20 Å². The molecule has 0 saturated carbocycles. The van der Waals surface area contributed by atoms with E-state index >= 15 is 0 Å². The van der Waals surface area contributed by atoms with Crippen LogP contribution in [0.5, 0.6) is 0 Å². The van der Waals surface area contributed by atoms with E-state index < -0.39 is 0 Å². The summed E-state index contributed by atoms with van der Waals surface area (Å²) in [5.74, 6) is 1.12. The highest BCUT2D eigenvalue weighted by atomic mass is 16.5. The van der Waals surface area contributed by atoms with Gasteiger partial charge in [-0.15, -0.1) is 0 Å². The van der Waals surface area contributed by atoms with E-state index in [1.165, 1.54) is 5.56 Å². The van der Waals surface area contributed by atoms with Crippen LogP contribution in [-0.4, -0.2) is 33.5 Å². The lowest BCUT2D eigenvalue weighted by molar-refractivity contribution is -0.140. The van der Waals surface area contributed by atoms with E-state index in [4.69, 9.17) is 4.74 Å². The number of benzene rings is 1. The van der Waals surface area contributed by atoms with E-state index in [0.717, 1.165) is 24.4 Å². The summed E-state index contributed by atoms with van der Waals surface area (Å²) < 4.78 is 6.84. The Hall–Kier alpha value is -2.89. The SMILES string of the molecule is CCOC(=O)CNc1c(CCc2ccccc2)nc2ncccn12. The molecule has 6 nitrogen and oxygen atoms in total. The second-order valence-electron chi connectivity index (χ2n) is 5.34. The Morgan fingerprint density at radius 2 is 2.04 bits per heavy atom. The van der Waals surface area contributed by atoms with Crippen molar-refractivity contribution in [2.75, 3.05) is 18.5 Å². The number of esters is 1. The third kappa shape index (κ3) is 3.71. The molecule has 0 aliphatic rings. The predicted octanol–water partition coefficient (Wildman–Crippen LogP) is 2.49. The maximum Gasteiger partial charge on any atom is 0.325 e. The van der Waals surface area contributed by atoms with Crippen LogP contribution < -0.4 is 5.32 Å². The lowest BCUT2D eigenvalue weighted by atomic mass is 10.1. The first-order chi connectivity index (χ1) is 11.8. The van der Waals surface area contributed by atoms with Crippen molar-refractivity contribution in [1.82, 2.24) is 14.4 Å². The Kier molecular flexibility index (Phi) is 5.05. The minimum absolute atomic E-state index is 0.106. The molecule has 24 heavy (non-hydrogen) atoms. The number of imidazole rings is 1. The van der Waals surface area contributed by atoms with Crippen LogP contribution in [0.4, 0.5) is 5.82 Å². The smallest absolute Gasteiger partial charge is 0.325 e. The molecular formula is C18H20N4O2. The summed E-state index contributed by atoms with van der Waals surface area (Å²) in [4.78, 5) is 20.5. The lowest BCUT2D eigenvalue weighted by Crippen LogP contribution is -2.18. The van der Waals surface area contributed by atoms with Gasteiger partial charge in [0, 0.05) is 12.4 Å². The van der Waals surface area contributed by atoms with Crippen molar-refractivity contribution >= 4 is 17.6 Å². The lowest BCUT2D eigenvalue weighted by Gasteiger charge is -2.08. The van der Waals surface area contributed by atoms with Gasteiger partial charge >= 0.3 is 5.97 Å². The molecule has 124 valence electrons. The molecule has 2 heterocycles. The number of aromatic nitrogens is 3. The number of anilines is 1. The van der Waals surface area contributed by atoms with E-state index in [-0.39, 0.29) is 12.5 Å². The van der Waals surface area contributed by atoms with Crippen molar-refractivity contribution in [2.24, 2.45) is 0 Å². The van der Waals surface area contributed by atoms with Crippen molar-refractivity contribution in [2.45, 2.75) is 19.8 Å². The average Bonchev–Trinajstić information content (AvgIpc) is 2.97. The molecule has 0 atom stereocenters. The molecule has 1 N–H and O–H groups in total. The van der Waals surface area contributed by atoms with Crippen LogP contribution in [0.3, 0.4) is 0 Å². The van der Waals surface area contributed by atoms with E-state index in [1.807, 2.05) is 34.9 Å². The molecule has 0 bridgehead atoms. The van der Waals surface area contributed by atoms with E-state index in [2.05, 4.69) is 27.4 Å². The third-order valence-corrected chi connectivity index (χ3v) is 3.67. The normalized spacial score (nSPS) is 10.7. The molecule has 0 radical (unpaired) electrons. The monoisotopic (exact) mass is 324 g/mol. The number of ether oxygens (including phenoxy) is 1. The molecule has 0 unspecified atom stereocenters. The molecule has 0 fully saturated rings. The first-order valence-corrected chi connectivity index (χ1v) is 8.03. The zero-order valence-corrected chi connectivity index (χ0v) is 13.6. The van der Waals surface area contributed by atoms with Crippen LogP contribution in [0.15, 0.2) is 48.8 Å². The first kappa shape index (κ1) is 16.0. The van der Waals surface area contributed by atoms with Gasteiger partial charge in [0.15, 0.2) is 0 Å². The Morgan fingerprint density at radius 3 is 2.83 bits per heavy atom. The predicted molar refractivity (Wildman–Crippen MR) is 92.0 cm³/mol. The molecule has 0 aliphatic heterocycles. The molecule has 1 aromatic carbocycles. The molecule has 0 saturated heterocycles. The largest absolute Gasteiger partial charge is 0.465 e. The van der Waals surface area contributed by atoms with Gasteiger partial charge in [-0.05, 0) is 31.4 Å². The fourth-order valence-electron chi connectivity index (χ4n) is 2.57. The second-order valence-corrected chi connectivity index (χ2v) is 5.34. The molecule has 0 spiro atoms. The van der Waals surface area contributed by atoms with Crippen molar-refractivity contribution in [3.8, 4) is 0 Å². The summed E-state index contributed by atoms with van der Waals surface area (Å²) in [5.41, 5.74) is 2.14. The number of rotatable bonds is 7. The molecule has 3 aromatic rings. The summed E-state index contributed by atoms with van der Waals surface area (Å²) in [6, 6.07) is 12.1. The minimum atomic E-state index is -0.287. The number of hydrogen-bond donors (Lipinski definition) is 1. The summed E-state index contributed by atoms with van der Waals surface area (Å²) in [7, 11) is 0. The van der Waals surface area contributed by atoms with E-state index in [9.17, 15) is 4.79 Å². The van der Waals surface area contributed by atoms with Gasteiger partial charge in [-0.25, -0.2) is 9.97 Å². The highest BCUT2D eigenvalue weighted by molar-refractivity contribution is 5.75. The van der Waals surface area contributed by atoms with Gasteiger partial charge in [-0.2, -0.15) is 0 Å². The highest BCUT2D eigenvalue weighted by Crippen LogP contribution is 2.19. The standard InChI is InChI=1S/C18H20N4O2/c1-2-24-16(23)13-20-17-15(10-9-14-7-4-3-5-8-14)21-18-19-11-6-12-22(17)18/h3-8,11-12,20H,2,9-10,13H2,1H3. The van der Waals surface area contributed by atoms with Gasteiger partial charge in [0.1, 0.15) is 12.4 Å². The number of hydrogen-bond acceptors (Lipinski definition) is 5. The number of carbonyl (C=O) groups excluding carboxylic acids is 1. The molecule has 0 amide bonds. The van der Waals surface area contributed by atoms with Crippen LogP contribution in [0.25, 0.3) is 5.78 Å².